The van der Waals surface area contributed by atoms with Gasteiger partial charge in [0.25, 0.3) is 0 Å². The number of nitrogens with one attached hydrogen (secondary N) is 1. The number of hydrogen-bond acceptors (Lipinski definition) is 3. The van der Waals surface area contributed by atoms with Crippen LogP contribution in [0.25, 0.3) is 0 Å². The minimum absolute atomic E-state index is 0.000800. The maximum atomic E-state index is 11.8. The average Bonchev–Trinajstić information content (AvgIpc) is 2.80. The third-order valence-corrected chi connectivity index (χ3v) is 4.18. The van der Waals surface area contributed by atoms with Crippen LogP contribution < -0.4 is 11.1 Å². The molecule has 0 bridgehead atoms. The second-order valence-corrected chi connectivity index (χ2v) is 6.01. The molecule has 1 heterocycles. The molecule has 1 aromatic heterocycles. The van der Waals surface area contributed by atoms with Crippen molar-refractivity contribution in [3.05, 3.63) is 22.4 Å². The second-order valence-electron chi connectivity index (χ2n) is 5.06. The van der Waals surface area contributed by atoms with Crippen molar-refractivity contribution in [1.82, 2.24) is 5.32 Å². The number of carbonyl (C=O) groups is 1. The molecule has 4 heteroatoms. The zero-order valence-corrected chi connectivity index (χ0v) is 11.6. The Hall–Kier alpha value is -0.870. The summed E-state index contributed by atoms with van der Waals surface area (Å²) in [4.78, 5) is 13.1. The predicted molar refractivity (Wildman–Crippen MR) is 73.2 cm³/mol. The van der Waals surface area contributed by atoms with Crippen LogP contribution in [0.2, 0.25) is 0 Å². The fourth-order valence-corrected chi connectivity index (χ4v) is 2.47. The highest BCUT2D eigenvalue weighted by Crippen LogP contribution is 2.26. The molecule has 0 fully saturated rings. The summed E-state index contributed by atoms with van der Waals surface area (Å²) in [7, 11) is 0. The molecule has 0 aliphatic rings. The number of rotatable bonds is 6. The molecule has 3 N–H and O–H groups in total. The first kappa shape index (κ1) is 14.2. The highest BCUT2D eigenvalue weighted by atomic mass is 32.1. The standard InChI is InChI=1S/C13H22N2OS/c1-10(6-7-14)12(16)15-9-13(2,3)11-5-4-8-17-11/h4-5,8,10H,6-7,9,14H2,1-3H3,(H,15,16). The van der Waals surface area contributed by atoms with Crippen molar-refractivity contribution in [2.45, 2.75) is 32.6 Å². The molecule has 0 spiro atoms. The van der Waals surface area contributed by atoms with Crippen LogP contribution in [-0.2, 0) is 10.2 Å². The lowest BCUT2D eigenvalue weighted by Crippen LogP contribution is -2.39. The fourth-order valence-electron chi connectivity index (χ4n) is 1.61. The van der Waals surface area contributed by atoms with E-state index in [9.17, 15) is 4.79 Å². The molecule has 1 unspecified atom stereocenters. The SMILES string of the molecule is CC(CCN)C(=O)NCC(C)(C)c1cccs1. The first-order valence-electron chi connectivity index (χ1n) is 5.99. The molecular weight excluding hydrogens is 232 g/mol. The molecule has 0 aliphatic heterocycles. The van der Waals surface area contributed by atoms with Gasteiger partial charge >= 0.3 is 0 Å². The van der Waals surface area contributed by atoms with Crippen LogP contribution in [0, 0.1) is 5.92 Å². The Morgan fingerprint density at radius 3 is 2.82 bits per heavy atom. The van der Waals surface area contributed by atoms with E-state index in [2.05, 4.69) is 30.6 Å². The largest absolute Gasteiger partial charge is 0.355 e. The lowest BCUT2D eigenvalue weighted by molar-refractivity contribution is -0.124. The van der Waals surface area contributed by atoms with Crippen LogP contribution >= 0.6 is 11.3 Å². The fraction of sp³-hybridized carbons (Fsp3) is 0.615. The van der Waals surface area contributed by atoms with Gasteiger partial charge in [0.1, 0.15) is 0 Å². The molecule has 3 nitrogen and oxygen atoms in total. The van der Waals surface area contributed by atoms with Gasteiger partial charge in [-0.3, -0.25) is 4.79 Å². The summed E-state index contributed by atoms with van der Waals surface area (Å²) in [5.41, 5.74) is 5.44. The molecule has 1 atom stereocenters. The molecule has 0 radical (unpaired) electrons. The number of thiophene rings is 1. The normalized spacial score (nSPS) is 13.4. The zero-order valence-electron chi connectivity index (χ0n) is 10.8. The van der Waals surface area contributed by atoms with E-state index in [1.165, 1.54) is 4.88 Å². The summed E-state index contributed by atoms with van der Waals surface area (Å²) >= 11 is 1.73. The third kappa shape index (κ3) is 4.13. The first-order chi connectivity index (χ1) is 7.97. The lowest BCUT2D eigenvalue weighted by Gasteiger charge is -2.24. The van der Waals surface area contributed by atoms with Gasteiger partial charge in [0, 0.05) is 22.8 Å². The monoisotopic (exact) mass is 254 g/mol. The van der Waals surface area contributed by atoms with Crippen molar-refractivity contribution in [1.29, 1.82) is 0 Å². The summed E-state index contributed by atoms with van der Waals surface area (Å²) in [6.45, 7) is 7.43. The molecule has 17 heavy (non-hydrogen) atoms. The van der Waals surface area contributed by atoms with E-state index in [4.69, 9.17) is 5.73 Å². The Morgan fingerprint density at radius 2 is 2.29 bits per heavy atom. The highest BCUT2D eigenvalue weighted by molar-refractivity contribution is 7.10. The summed E-state index contributed by atoms with van der Waals surface area (Å²) in [5, 5.41) is 5.07. The number of amides is 1. The summed E-state index contributed by atoms with van der Waals surface area (Å²) in [5.74, 6) is 0.0965. The van der Waals surface area contributed by atoms with Gasteiger partial charge in [-0.2, -0.15) is 0 Å². The van der Waals surface area contributed by atoms with Gasteiger partial charge < -0.3 is 11.1 Å². The topological polar surface area (TPSA) is 55.1 Å². The summed E-state index contributed by atoms with van der Waals surface area (Å²) < 4.78 is 0. The summed E-state index contributed by atoms with van der Waals surface area (Å²) in [6, 6.07) is 4.15. The van der Waals surface area contributed by atoms with Crippen molar-refractivity contribution in [3.8, 4) is 0 Å². The van der Waals surface area contributed by atoms with Gasteiger partial charge in [-0.25, -0.2) is 0 Å². The number of nitrogens with two attached hydrogens (primary N) is 1. The average molecular weight is 254 g/mol. The van der Waals surface area contributed by atoms with Gasteiger partial charge in [-0.1, -0.05) is 26.8 Å². The minimum Gasteiger partial charge on any atom is -0.355 e. The second kappa shape index (κ2) is 6.17. The Labute approximate surface area is 107 Å². The van der Waals surface area contributed by atoms with E-state index in [-0.39, 0.29) is 17.2 Å². The Morgan fingerprint density at radius 1 is 1.59 bits per heavy atom. The molecule has 96 valence electrons. The van der Waals surface area contributed by atoms with Gasteiger partial charge in [0.2, 0.25) is 5.91 Å². The molecule has 0 saturated carbocycles. The number of hydrogen-bond donors (Lipinski definition) is 2. The molecular formula is C13H22N2OS. The van der Waals surface area contributed by atoms with Gasteiger partial charge in [-0.05, 0) is 24.4 Å². The highest BCUT2D eigenvalue weighted by Gasteiger charge is 2.23. The Kier molecular flexibility index (Phi) is 5.15. The Bertz CT molecular complexity index is 346. The summed E-state index contributed by atoms with van der Waals surface area (Å²) in [6.07, 6.45) is 0.741. The predicted octanol–water partition coefficient (Wildman–Crippen LogP) is 2.13. The smallest absolute Gasteiger partial charge is 0.222 e. The van der Waals surface area contributed by atoms with Crippen molar-refractivity contribution in [2.75, 3.05) is 13.1 Å². The molecule has 1 rings (SSSR count). The van der Waals surface area contributed by atoms with E-state index in [1.54, 1.807) is 11.3 Å². The van der Waals surface area contributed by atoms with Crippen LogP contribution in [0.4, 0.5) is 0 Å². The van der Waals surface area contributed by atoms with Crippen LogP contribution in [0.1, 0.15) is 32.1 Å². The molecule has 1 aromatic rings. The van der Waals surface area contributed by atoms with Crippen molar-refractivity contribution in [2.24, 2.45) is 11.7 Å². The third-order valence-electron chi connectivity index (χ3n) is 2.94. The molecule has 0 saturated heterocycles. The molecule has 0 aromatic carbocycles. The van der Waals surface area contributed by atoms with Crippen LogP contribution in [0.5, 0.6) is 0 Å². The lowest BCUT2D eigenvalue weighted by atomic mass is 9.91. The van der Waals surface area contributed by atoms with E-state index in [1.807, 2.05) is 13.0 Å². The maximum absolute atomic E-state index is 11.8. The minimum atomic E-state index is -0.00768. The van der Waals surface area contributed by atoms with Crippen molar-refractivity contribution < 1.29 is 4.79 Å². The van der Waals surface area contributed by atoms with E-state index < -0.39 is 0 Å². The van der Waals surface area contributed by atoms with Gasteiger partial charge in [0.05, 0.1) is 0 Å². The van der Waals surface area contributed by atoms with Crippen LogP contribution in [0.15, 0.2) is 17.5 Å². The molecule has 1 amide bonds. The van der Waals surface area contributed by atoms with Gasteiger partial charge in [-0.15, -0.1) is 11.3 Å². The molecule has 0 aliphatic carbocycles. The Balaban J connectivity index is 2.47. The van der Waals surface area contributed by atoms with Crippen molar-refractivity contribution >= 4 is 17.2 Å². The quantitative estimate of drug-likeness (QED) is 0.817. The van der Waals surface area contributed by atoms with E-state index in [0.29, 0.717) is 13.1 Å². The zero-order chi connectivity index (χ0) is 12.9. The van der Waals surface area contributed by atoms with Gasteiger partial charge in [0.15, 0.2) is 0 Å². The van der Waals surface area contributed by atoms with E-state index in [0.717, 1.165) is 6.42 Å². The van der Waals surface area contributed by atoms with Crippen molar-refractivity contribution in [3.63, 3.8) is 0 Å². The first-order valence-corrected chi connectivity index (χ1v) is 6.87. The van der Waals surface area contributed by atoms with Crippen LogP contribution in [0.3, 0.4) is 0 Å². The van der Waals surface area contributed by atoms with Crippen LogP contribution in [-0.4, -0.2) is 19.0 Å². The maximum Gasteiger partial charge on any atom is 0.222 e. The number of carbonyl (C=O) groups excluding carboxylic acids is 1. The van der Waals surface area contributed by atoms with E-state index >= 15 is 0 Å².